The molecule has 168 valence electrons. The third-order valence-electron chi connectivity index (χ3n) is 4.61. The number of carbonyl (C=O) groups excluding carboxylic acids is 2. The number of hydrogen-bond acceptors (Lipinski definition) is 5. The van der Waals surface area contributed by atoms with E-state index in [9.17, 15) is 22.4 Å². The van der Waals surface area contributed by atoms with Crippen molar-refractivity contribution in [3.8, 4) is 5.75 Å². The standard InChI is InChI=1S/C21H26FN3O5S/c1-4-25(5-2)31(28,29)17-8-6-7-16(14-17)21(27)24-23-20(26)12-10-15-9-11-19(30-3)18(22)13-15/h6-9,11,13-14H,4-5,10,12H2,1-3H3,(H,23,26)(H,24,27). The van der Waals surface area contributed by atoms with Crippen LogP contribution in [0.2, 0.25) is 0 Å². The maximum atomic E-state index is 13.7. The number of halogens is 1. The molecule has 0 bridgehead atoms. The Morgan fingerprint density at radius 1 is 1.06 bits per heavy atom. The third kappa shape index (κ3) is 6.25. The second kappa shape index (κ2) is 10.9. The first-order chi connectivity index (χ1) is 14.7. The van der Waals surface area contributed by atoms with Gasteiger partial charge in [0.1, 0.15) is 0 Å². The van der Waals surface area contributed by atoms with Gasteiger partial charge < -0.3 is 4.74 Å². The molecule has 0 aliphatic heterocycles. The van der Waals surface area contributed by atoms with E-state index in [2.05, 4.69) is 10.9 Å². The molecule has 0 radical (unpaired) electrons. The van der Waals surface area contributed by atoms with Gasteiger partial charge in [-0.05, 0) is 42.3 Å². The van der Waals surface area contributed by atoms with E-state index >= 15 is 0 Å². The number of amides is 2. The lowest BCUT2D eigenvalue weighted by Gasteiger charge is -2.18. The van der Waals surface area contributed by atoms with Gasteiger partial charge in [-0.25, -0.2) is 12.8 Å². The van der Waals surface area contributed by atoms with Gasteiger partial charge in [0.2, 0.25) is 15.9 Å². The van der Waals surface area contributed by atoms with Gasteiger partial charge in [-0.15, -0.1) is 0 Å². The Morgan fingerprint density at radius 3 is 2.39 bits per heavy atom. The van der Waals surface area contributed by atoms with E-state index in [-0.39, 0.29) is 29.1 Å². The Morgan fingerprint density at radius 2 is 1.77 bits per heavy atom. The van der Waals surface area contributed by atoms with E-state index in [1.807, 2.05) is 0 Å². The van der Waals surface area contributed by atoms with Gasteiger partial charge in [0, 0.05) is 25.1 Å². The Labute approximate surface area is 181 Å². The summed E-state index contributed by atoms with van der Waals surface area (Å²) in [7, 11) is -2.35. The maximum Gasteiger partial charge on any atom is 0.269 e. The maximum absolute atomic E-state index is 13.7. The molecule has 2 amide bonds. The molecule has 0 saturated carbocycles. The number of nitrogens with zero attached hydrogens (tertiary/aromatic N) is 1. The number of benzene rings is 2. The molecule has 0 aliphatic carbocycles. The van der Waals surface area contributed by atoms with Crippen molar-refractivity contribution in [3.05, 3.63) is 59.4 Å². The molecule has 0 spiro atoms. The summed E-state index contributed by atoms with van der Waals surface area (Å²) < 4.78 is 45.0. The molecule has 2 aromatic carbocycles. The summed E-state index contributed by atoms with van der Waals surface area (Å²) >= 11 is 0. The normalized spacial score (nSPS) is 11.3. The summed E-state index contributed by atoms with van der Waals surface area (Å²) in [6.07, 6.45) is 0.280. The number of sulfonamides is 1. The molecule has 2 N–H and O–H groups in total. The van der Waals surface area contributed by atoms with E-state index in [0.717, 1.165) is 0 Å². The van der Waals surface area contributed by atoms with Crippen LogP contribution in [0.25, 0.3) is 0 Å². The first kappa shape index (κ1) is 24.3. The summed E-state index contributed by atoms with van der Waals surface area (Å²) in [6, 6.07) is 9.99. The van der Waals surface area contributed by atoms with Crippen molar-refractivity contribution in [1.29, 1.82) is 0 Å². The molecule has 0 heterocycles. The highest BCUT2D eigenvalue weighted by molar-refractivity contribution is 7.89. The van der Waals surface area contributed by atoms with E-state index in [1.54, 1.807) is 19.9 Å². The van der Waals surface area contributed by atoms with Gasteiger partial charge in [0.05, 0.1) is 12.0 Å². The van der Waals surface area contributed by atoms with Crippen LogP contribution in [-0.2, 0) is 21.2 Å². The minimum Gasteiger partial charge on any atom is -0.494 e. The van der Waals surface area contributed by atoms with Gasteiger partial charge in [0.15, 0.2) is 11.6 Å². The number of aryl methyl sites for hydroxylation is 1. The van der Waals surface area contributed by atoms with Crippen LogP contribution in [0.1, 0.15) is 36.2 Å². The SMILES string of the molecule is CCN(CC)S(=O)(=O)c1cccc(C(=O)NNC(=O)CCc2ccc(OC)c(F)c2)c1. The van der Waals surface area contributed by atoms with Crippen molar-refractivity contribution in [3.63, 3.8) is 0 Å². The summed E-state index contributed by atoms with van der Waals surface area (Å²) in [5.74, 6) is -1.53. The number of rotatable bonds is 9. The fraction of sp³-hybridized carbons (Fsp3) is 0.333. The van der Waals surface area contributed by atoms with Crippen molar-refractivity contribution >= 4 is 21.8 Å². The smallest absolute Gasteiger partial charge is 0.269 e. The van der Waals surface area contributed by atoms with Crippen molar-refractivity contribution in [2.45, 2.75) is 31.6 Å². The van der Waals surface area contributed by atoms with Crippen LogP contribution >= 0.6 is 0 Å². The van der Waals surface area contributed by atoms with Crippen LogP contribution in [0.5, 0.6) is 5.75 Å². The van der Waals surface area contributed by atoms with Crippen LogP contribution in [0, 0.1) is 5.82 Å². The molecule has 31 heavy (non-hydrogen) atoms. The van der Waals surface area contributed by atoms with Gasteiger partial charge in [-0.1, -0.05) is 26.0 Å². The Kier molecular flexibility index (Phi) is 8.52. The first-order valence-electron chi connectivity index (χ1n) is 9.74. The molecule has 0 aliphatic rings. The molecule has 0 atom stereocenters. The molecular weight excluding hydrogens is 425 g/mol. The quantitative estimate of drug-likeness (QED) is 0.569. The van der Waals surface area contributed by atoms with Crippen molar-refractivity contribution < 1.29 is 27.1 Å². The first-order valence-corrected chi connectivity index (χ1v) is 11.2. The predicted molar refractivity (Wildman–Crippen MR) is 113 cm³/mol. The minimum absolute atomic E-state index is 0.00305. The monoisotopic (exact) mass is 451 g/mol. The number of ether oxygens (including phenoxy) is 1. The number of nitrogens with one attached hydrogen (secondary N) is 2. The average molecular weight is 452 g/mol. The number of carbonyl (C=O) groups is 2. The zero-order valence-electron chi connectivity index (χ0n) is 17.6. The highest BCUT2D eigenvalue weighted by Gasteiger charge is 2.22. The van der Waals surface area contributed by atoms with Crippen LogP contribution in [0.3, 0.4) is 0 Å². The van der Waals surface area contributed by atoms with Crippen molar-refractivity contribution in [1.82, 2.24) is 15.2 Å². The zero-order chi connectivity index (χ0) is 23.0. The van der Waals surface area contributed by atoms with Gasteiger partial charge in [0.25, 0.3) is 5.91 Å². The Balaban J connectivity index is 1.95. The lowest BCUT2D eigenvalue weighted by Crippen LogP contribution is -2.41. The fourth-order valence-electron chi connectivity index (χ4n) is 2.89. The fourth-order valence-corrected chi connectivity index (χ4v) is 4.40. The Hall–Kier alpha value is -2.98. The molecule has 0 saturated heterocycles. The van der Waals surface area contributed by atoms with Crippen LogP contribution in [-0.4, -0.2) is 44.7 Å². The summed E-state index contributed by atoms with van der Waals surface area (Å²) in [5, 5.41) is 0. The molecular formula is C21H26FN3O5S. The predicted octanol–water partition coefficient (Wildman–Crippen LogP) is 2.26. The van der Waals surface area contributed by atoms with E-state index in [1.165, 1.54) is 47.8 Å². The van der Waals surface area contributed by atoms with Crippen molar-refractivity contribution in [2.24, 2.45) is 0 Å². The lowest BCUT2D eigenvalue weighted by atomic mass is 10.1. The Bertz CT molecular complexity index is 1040. The number of hydrogen-bond donors (Lipinski definition) is 2. The lowest BCUT2D eigenvalue weighted by molar-refractivity contribution is -0.121. The molecule has 2 rings (SSSR count). The largest absolute Gasteiger partial charge is 0.494 e. The van der Waals surface area contributed by atoms with Gasteiger partial charge >= 0.3 is 0 Å². The van der Waals surface area contributed by atoms with E-state index in [4.69, 9.17) is 4.74 Å². The zero-order valence-corrected chi connectivity index (χ0v) is 18.5. The minimum atomic E-state index is -3.71. The molecule has 8 nitrogen and oxygen atoms in total. The third-order valence-corrected chi connectivity index (χ3v) is 6.66. The van der Waals surface area contributed by atoms with Crippen molar-refractivity contribution in [2.75, 3.05) is 20.2 Å². The van der Waals surface area contributed by atoms with Gasteiger partial charge in [-0.3, -0.25) is 20.4 Å². The molecule has 0 fully saturated rings. The summed E-state index contributed by atoms with van der Waals surface area (Å²) in [4.78, 5) is 24.3. The highest BCUT2D eigenvalue weighted by atomic mass is 32.2. The highest BCUT2D eigenvalue weighted by Crippen LogP contribution is 2.19. The van der Waals surface area contributed by atoms with Crippen LogP contribution < -0.4 is 15.6 Å². The topological polar surface area (TPSA) is 105 Å². The summed E-state index contributed by atoms with van der Waals surface area (Å²) in [5.41, 5.74) is 5.23. The van der Waals surface area contributed by atoms with Crippen LogP contribution in [0.4, 0.5) is 4.39 Å². The van der Waals surface area contributed by atoms with E-state index in [0.29, 0.717) is 18.7 Å². The number of hydrazine groups is 1. The summed E-state index contributed by atoms with van der Waals surface area (Å²) in [6.45, 7) is 4.08. The van der Waals surface area contributed by atoms with E-state index < -0.39 is 27.7 Å². The van der Waals surface area contributed by atoms with Crippen LogP contribution in [0.15, 0.2) is 47.4 Å². The van der Waals surface area contributed by atoms with Gasteiger partial charge in [-0.2, -0.15) is 4.31 Å². The molecule has 10 heteroatoms. The second-order valence-corrected chi connectivity index (χ2v) is 8.53. The molecule has 0 unspecified atom stereocenters. The second-order valence-electron chi connectivity index (χ2n) is 6.59. The number of methoxy groups -OCH3 is 1. The molecule has 2 aromatic rings. The molecule has 0 aromatic heterocycles. The average Bonchev–Trinajstić information content (AvgIpc) is 2.76.